The highest BCUT2D eigenvalue weighted by Crippen LogP contribution is 2.14. The van der Waals surface area contributed by atoms with Crippen molar-refractivity contribution in [3.63, 3.8) is 0 Å². The van der Waals surface area contributed by atoms with E-state index in [0.717, 1.165) is 5.76 Å². The van der Waals surface area contributed by atoms with E-state index in [4.69, 9.17) is 10.2 Å². The molecule has 2 heterocycles. The molecule has 70 valence electrons. The molecule has 13 heavy (non-hydrogen) atoms. The lowest BCUT2D eigenvalue weighted by molar-refractivity contribution is 0.0607. The van der Waals surface area contributed by atoms with Gasteiger partial charge in [0.05, 0.1) is 5.56 Å². The lowest BCUT2D eigenvalue weighted by atomic mass is 10.1. The number of rotatable bonds is 1. The minimum atomic E-state index is 0.0125. The number of nitrogens with zero attached hydrogens (tertiary/aromatic N) is 1. The number of carbonyl (C=O) groups excluding carboxylic acids is 1. The molecular formula is C9H12N2O2. The first-order valence-electron chi connectivity index (χ1n) is 4.27. The Kier molecular flexibility index (Phi) is 1.84. The molecule has 1 aliphatic heterocycles. The van der Waals surface area contributed by atoms with Crippen LogP contribution in [-0.2, 0) is 0 Å². The van der Waals surface area contributed by atoms with Crippen LogP contribution in [0.1, 0.15) is 16.1 Å². The lowest BCUT2D eigenvalue weighted by Crippen LogP contribution is -2.57. The Morgan fingerprint density at radius 2 is 2.38 bits per heavy atom. The van der Waals surface area contributed by atoms with Gasteiger partial charge in [0.1, 0.15) is 12.0 Å². The average Bonchev–Trinajstić information content (AvgIpc) is 2.45. The maximum Gasteiger partial charge on any atom is 0.257 e. The third kappa shape index (κ3) is 1.45. The van der Waals surface area contributed by atoms with Gasteiger partial charge in [-0.2, -0.15) is 0 Å². The topological polar surface area (TPSA) is 59.5 Å². The van der Waals surface area contributed by atoms with Crippen molar-refractivity contribution in [3.05, 3.63) is 23.7 Å². The van der Waals surface area contributed by atoms with Crippen LogP contribution in [0.3, 0.4) is 0 Å². The second-order valence-corrected chi connectivity index (χ2v) is 3.42. The summed E-state index contributed by atoms with van der Waals surface area (Å²) in [6.07, 6.45) is 1.49. The first-order valence-corrected chi connectivity index (χ1v) is 4.27. The molecule has 0 bridgehead atoms. The monoisotopic (exact) mass is 180 g/mol. The zero-order valence-electron chi connectivity index (χ0n) is 7.49. The van der Waals surface area contributed by atoms with E-state index >= 15 is 0 Å². The van der Waals surface area contributed by atoms with Crippen molar-refractivity contribution < 1.29 is 9.21 Å². The molecule has 0 aromatic carbocycles. The zero-order valence-corrected chi connectivity index (χ0v) is 7.49. The Labute approximate surface area is 76.3 Å². The summed E-state index contributed by atoms with van der Waals surface area (Å²) in [7, 11) is 0. The van der Waals surface area contributed by atoms with Gasteiger partial charge in [-0.05, 0) is 13.0 Å². The summed E-state index contributed by atoms with van der Waals surface area (Å²) in [5, 5.41) is 0. The first kappa shape index (κ1) is 8.31. The van der Waals surface area contributed by atoms with Gasteiger partial charge in [0.25, 0.3) is 5.91 Å². The summed E-state index contributed by atoms with van der Waals surface area (Å²) in [6, 6.07) is 1.89. The summed E-state index contributed by atoms with van der Waals surface area (Å²) in [5.74, 6) is 0.770. The Morgan fingerprint density at radius 3 is 2.85 bits per heavy atom. The van der Waals surface area contributed by atoms with E-state index in [-0.39, 0.29) is 11.9 Å². The predicted molar refractivity (Wildman–Crippen MR) is 47.3 cm³/mol. The average molecular weight is 180 g/mol. The number of amides is 1. The number of hydrogen-bond acceptors (Lipinski definition) is 3. The van der Waals surface area contributed by atoms with Crippen molar-refractivity contribution in [2.75, 3.05) is 13.1 Å². The number of nitrogens with two attached hydrogens (primary N) is 1. The molecular weight excluding hydrogens is 168 g/mol. The maximum absolute atomic E-state index is 11.6. The standard InChI is InChI=1S/C9H12N2O2/c1-6-2-7(5-13-6)9(12)11-3-8(10)4-11/h2,5,8H,3-4,10H2,1H3. The Hall–Kier alpha value is -1.29. The molecule has 0 unspecified atom stereocenters. The molecule has 2 rings (SSSR count). The lowest BCUT2D eigenvalue weighted by Gasteiger charge is -2.36. The molecule has 0 radical (unpaired) electrons. The summed E-state index contributed by atoms with van der Waals surface area (Å²) < 4.78 is 5.05. The highest BCUT2D eigenvalue weighted by molar-refractivity contribution is 5.94. The number of hydrogen-bond donors (Lipinski definition) is 1. The number of likely N-dealkylation sites (tertiary alicyclic amines) is 1. The van der Waals surface area contributed by atoms with Crippen molar-refractivity contribution in [1.29, 1.82) is 0 Å². The number of furan rings is 1. The van der Waals surface area contributed by atoms with Crippen LogP contribution in [0, 0.1) is 6.92 Å². The molecule has 2 N–H and O–H groups in total. The van der Waals surface area contributed by atoms with Crippen LogP contribution in [0.5, 0.6) is 0 Å². The van der Waals surface area contributed by atoms with E-state index in [0.29, 0.717) is 18.7 Å². The van der Waals surface area contributed by atoms with Gasteiger partial charge in [-0.1, -0.05) is 0 Å². The van der Waals surface area contributed by atoms with Crippen LogP contribution >= 0.6 is 0 Å². The van der Waals surface area contributed by atoms with Crippen molar-refractivity contribution in [2.24, 2.45) is 5.73 Å². The fraction of sp³-hybridized carbons (Fsp3) is 0.444. The first-order chi connectivity index (χ1) is 6.16. The van der Waals surface area contributed by atoms with Gasteiger partial charge in [-0.3, -0.25) is 4.79 Å². The third-order valence-corrected chi connectivity index (χ3v) is 2.17. The molecule has 0 spiro atoms. The second kappa shape index (κ2) is 2.88. The van der Waals surface area contributed by atoms with Crippen LogP contribution < -0.4 is 5.73 Å². The van der Waals surface area contributed by atoms with Crippen molar-refractivity contribution in [2.45, 2.75) is 13.0 Å². The van der Waals surface area contributed by atoms with Gasteiger partial charge in [0.15, 0.2) is 0 Å². The van der Waals surface area contributed by atoms with Crippen LogP contribution in [0.15, 0.2) is 16.7 Å². The predicted octanol–water partition coefficient (Wildman–Crippen LogP) is 0.371. The molecule has 1 fully saturated rings. The van der Waals surface area contributed by atoms with E-state index in [2.05, 4.69) is 0 Å². The Balaban J connectivity index is 2.06. The van der Waals surface area contributed by atoms with Crippen molar-refractivity contribution in [3.8, 4) is 0 Å². The molecule has 0 saturated carbocycles. The van der Waals surface area contributed by atoms with Crippen LogP contribution in [0.4, 0.5) is 0 Å². The zero-order chi connectivity index (χ0) is 9.42. The largest absolute Gasteiger partial charge is 0.469 e. The summed E-state index contributed by atoms with van der Waals surface area (Å²) in [6.45, 7) is 3.13. The van der Waals surface area contributed by atoms with E-state index in [1.165, 1.54) is 6.26 Å². The maximum atomic E-state index is 11.6. The minimum Gasteiger partial charge on any atom is -0.469 e. The second-order valence-electron chi connectivity index (χ2n) is 3.42. The van der Waals surface area contributed by atoms with Gasteiger partial charge in [0.2, 0.25) is 0 Å². The molecule has 1 aromatic rings. The van der Waals surface area contributed by atoms with Gasteiger partial charge in [-0.25, -0.2) is 0 Å². The molecule has 0 aliphatic carbocycles. The van der Waals surface area contributed by atoms with Gasteiger partial charge < -0.3 is 15.1 Å². The van der Waals surface area contributed by atoms with Gasteiger partial charge in [0, 0.05) is 19.1 Å². The van der Waals surface area contributed by atoms with E-state index < -0.39 is 0 Å². The SMILES string of the molecule is Cc1cc(C(=O)N2CC(N)C2)co1. The van der Waals surface area contributed by atoms with Gasteiger partial charge >= 0.3 is 0 Å². The number of aryl methyl sites for hydroxylation is 1. The minimum absolute atomic E-state index is 0.0125. The quantitative estimate of drug-likeness (QED) is 0.679. The summed E-state index contributed by atoms with van der Waals surface area (Å²) >= 11 is 0. The fourth-order valence-corrected chi connectivity index (χ4v) is 1.42. The molecule has 0 atom stereocenters. The van der Waals surface area contributed by atoms with E-state index in [1.54, 1.807) is 11.0 Å². The Morgan fingerprint density at radius 1 is 1.69 bits per heavy atom. The van der Waals surface area contributed by atoms with Crippen molar-refractivity contribution in [1.82, 2.24) is 4.90 Å². The highest BCUT2D eigenvalue weighted by Gasteiger charge is 2.28. The Bertz CT molecular complexity index is 326. The van der Waals surface area contributed by atoms with E-state index in [9.17, 15) is 4.79 Å². The van der Waals surface area contributed by atoms with Gasteiger partial charge in [-0.15, -0.1) is 0 Å². The molecule has 1 amide bonds. The summed E-state index contributed by atoms with van der Waals surface area (Å²) in [5.41, 5.74) is 6.19. The molecule has 1 aliphatic rings. The fourth-order valence-electron chi connectivity index (χ4n) is 1.42. The molecule has 1 aromatic heterocycles. The molecule has 1 saturated heterocycles. The van der Waals surface area contributed by atoms with Crippen LogP contribution in [0.25, 0.3) is 0 Å². The molecule has 4 heteroatoms. The molecule has 4 nitrogen and oxygen atoms in total. The smallest absolute Gasteiger partial charge is 0.257 e. The highest BCUT2D eigenvalue weighted by atomic mass is 16.3. The third-order valence-electron chi connectivity index (χ3n) is 2.17. The van der Waals surface area contributed by atoms with Crippen LogP contribution in [-0.4, -0.2) is 29.9 Å². The van der Waals surface area contributed by atoms with Crippen LogP contribution in [0.2, 0.25) is 0 Å². The van der Waals surface area contributed by atoms with E-state index in [1.807, 2.05) is 6.92 Å². The summed E-state index contributed by atoms with van der Waals surface area (Å²) in [4.78, 5) is 13.3. The van der Waals surface area contributed by atoms with Crippen molar-refractivity contribution >= 4 is 5.91 Å². The normalized spacial score (nSPS) is 17.2. The number of carbonyl (C=O) groups is 1.